The topological polar surface area (TPSA) is 64.9 Å². The van der Waals surface area contributed by atoms with Crippen LogP contribution in [0.2, 0.25) is 0 Å². The molecule has 1 atom stereocenters. The van der Waals surface area contributed by atoms with Gasteiger partial charge in [0, 0.05) is 0 Å². The van der Waals surface area contributed by atoms with E-state index in [4.69, 9.17) is 5.26 Å². The van der Waals surface area contributed by atoms with Crippen LogP contribution in [-0.4, -0.2) is 18.5 Å². The van der Waals surface area contributed by atoms with Crippen LogP contribution in [0, 0.1) is 11.3 Å². The smallest absolute Gasteiger partial charge is 0.241 e. The normalized spacial score (nSPS) is 19.1. The number of hydrogen-bond donors (Lipinski definition) is 2. The van der Waals surface area contributed by atoms with Gasteiger partial charge in [-0.25, -0.2) is 0 Å². The lowest BCUT2D eigenvalue weighted by atomic mass is 10.1. The first kappa shape index (κ1) is 10.7. The summed E-state index contributed by atoms with van der Waals surface area (Å²) in [5.41, 5.74) is 1.08. The van der Waals surface area contributed by atoms with Gasteiger partial charge in [-0.1, -0.05) is 12.1 Å². The van der Waals surface area contributed by atoms with Gasteiger partial charge in [0.05, 0.1) is 17.3 Å². The van der Waals surface area contributed by atoms with Crippen LogP contribution in [0.4, 0.5) is 5.69 Å². The highest BCUT2D eigenvalue weighted by atomic mass is 16.2. The summed E-state index contributed by atoms with van der Waals surface area (Å²) in [6, 6.07) is 8.96. The van der Waals surface area contributed by atoms with E-state index in [0.29, 0.717) is 11.3 Å². The molecule has 0 spiro atoms. The van der Waals surface area contributed by atoms with Crippen molar-refractivity contribution in [2.24, 2.45) is 0 Å². The predicted molar refractivity (Wildman–Crippen MR) is 60.8 cm³/mol. The van der Waals surface area contributed by atoms with Crippen molar-refractivity contribution in [2.45, 2.75) is 18.9 Å². The van der Waals surface area contributed by atoms with Crippen LogP contribution in [0.1, 0.15) is 18.4 Å². The Morgan fingerprint density at radius 3 is 3.00 bits per heavy atom. The average Bonchev–Trinajstić information content (AvgIpc) is 2.83. The SMILES string of the molecule is N#Cc1ccccc1NC(=O)C1CCCN1. The van der Waals surface area contributed by atoms with Crippen LogP contribution >= 0.6 is 0 Å². The molecule has 1 aromatic carbocycles. The monoisotopic (exact) mass is 215 g/mol. The summed E-state index contributed by atoms with van der Waals surface area (Å²) in [6.07, 6.45) is 1.89. The summed E-state index contributed by atoms with van der Waals surface area (Å²) in [5, 5.41) is 14.8. The number of rotatable bonds is 2. The molecule has 4 nitrogen and oxygen atoms in total. The molecule has 4 heteroatoms. The van der Waals surface area contributed by atoms with Crippen LogP contribution in [0.3, 0.4) is 0 Å². The van der Waals surface area contributed by atoms with E-state index in [1.165, 1.54) is 0 Å². The molecule has 0 aromatic heterocycles. The number of carbonyl (C=O) groups is 1. The third kappa shape index (κ3) is 2.20. The van der Waals surface area contributed by atoms with Crippen LogP contribution in [-0.2, 0) is 4.79 Å². The van der Waals surface area contributed by atoms with Gasteiger partial charge in [0.15, 0.2) is 0 Å². The number of nitrogens with zero attached hydrogens (tertiary/aromatic N) is 1. The molecule has 0 aliphatic carbocycles. The number of nitriles is 1. The molecule has 2 rings (SSSR count). The maximum atomic E-state index is 11.8. The molecule has 1 amide bonds. The van der Waals surface area contributed by atoms with Gasteiger partial charge in [0.25, 0.3) is 0 Å². The molecule has 0 bridgehead atoms. The minimum absolute atomic E-state index is 0.0554. The highest BCUT2D eigenvalue weighted by molar-refractivity contribution is 5.96. The molecule has 1 aliphatic heterocycles. The molecule has 82 valence electrons. The number of nitrogens with one attached hydrogen (secondary N) is 2. The Labute approximate surface area is 94.3 Å². The zero-order valence-corrected chi connectivity index (χ0v) is 8.86. The Morgan fingerprint density at radius 1 is 1.50 bits per heavy atom. The first-order chi connectivity index (χ1) is 7.81. The summed E-state index contributed by atoms with van der Waals surface area (Å²) < 4.78 is 0. The standard InChI is InChI=1S/C12H13N3O/c13-8-9-4-1-2-5-10(9)15-12(16)11-6-3-7-14-11/h1-2,4-5,11,14H,3,6-7H2,(H,15,16). The quantitative estimate of drug-likeness (QED) is 0.780. The molecule has 1 heterocycles. The number of amides is 1. The Bertz CT molecular complexity index is 430. The Kier molecular flexibility index (Phi) is 3.18. The first-order valence-corrected chi connectivity index (χ1v) is 5.34. The van der Waals surface area contributed by atoms with E-state index < -0.39 is 0 Å². The number of carbonyl (C=O) groups excluding carboxylic acids is 1. The maximum Gasteiger partial charge on any atom is 0.241 e. The fourth-order valence-corrected chi connectivity index (χ4v) is 1.82. The molecule has 1 fully saturated rings. The van der Waals surface area contributed by atoms with E-state index in [9.17, 15) is 4.79 Å². The largest absolute Gasteiger partial charge is 0.324 e. The Morgan fingerprint density at radius 2 is 2.31 bits per heavy atom. The van der Waals surface area contributed by atoms with Crippen molar-refractivity contribution in [3.05, 3.63) is 29.8 Å². The van der Waals surface area contributed by atoms with E-state index >= 15 is 0 Å². The van der Waals surface area contributed by atoms with Crippen molar-refractivity contribution < 1.29 is 4.79 Å². The minimum Gasteiger partial charge on any atom is -0.324 e. The lowest BCUT2D eigenvalue weighted by Crippen LogP contribution is -2.35. The second-order valence-electron chi connectivity index (χ2n) is 3.80. The van der Waals surface area contributed by atoms with Gasteiger partial charge in [-0.3, -0.25) is 4.79 Å². The lowest BCUT2D eigenvalue weighted by molar-refractivity contribution is -0.117. The van der Waals surface area contributed by atoms with Crippen molar-refractivity contribution in [3.8, 4) is 6.07 Å². The number of hydrogen-bond acceptors (Lipinski definition) is 3. The second kappa shape index (κ2) is 4.77. The van der Waals surface area contributed by atoms with Crippen molar-refractivity contribution in [1.82, 2.24) is 5.32 Å². The molecular weight excluding hydrogens is 202 g/mol. The minimum atomic E-state index is -0.119. The van der Waals surface area contributed by atoms with E-state index in [0.717, 1.165) is 19.4 Å². The molecule has 1 saturated heterocycles. The molecule has 1 aliphatic rings. The number of anilines is 1. The zero-order valence-electron chi connectivity index (χ0n) is 8.86. The third-order valence-corrected chi connectivity index (χ3v) is 2.68. The molecular formula is C12H13N3O. The summed E-state index contributed by atoms with van der Waals surface area (Å²) in [7, 11) is 0. The van der Waals surface area contributed by atoms with Gasteiger partial charge in [0.1, 0.15) is 6.07 Å². The summed E-state index contributed by atoms with van der Waals surface area (Å²) in [5.74, 6) is -0.0554. The van der Waals surface area contributed by atoms with Gasteiger partial charge in [-0.2, -0.15) is 5.26 Å². The maximum absolute atomic E-state index is 11.8. The van der Waals surface area contributed by atoms with Crippen LogP contribution in [0.15, 0.2) is 24.3 Å². The van der Waals surface area contributed by atoms with Gasteiger partial charge in [0.2, 0.25) is 5.91 Å². The first-order valence-electron chi connectivity index (χ1n) is 5.34. The fourth-order valence-electron chi connectivity index (χ4n) is 1.82. The van der Waals surface area contributed by atoms with Crippen molar-refractivity contribution in [2.75, 3.05) is 11.9 Å². The number of para-hydroxylation sites is 1. The molecule has 1 aromatic rings. The fraction of sp³-hybridized carbons (Fsp3) is 0.333. The highest BCUT2D eigenvalue weighted by Crippen LogP contribution is 2.15. The molecule has 2 N–H and O–H groups in total. The van der Waals surface area contributed by atoms with Gasteiger partial charge in [-0.05, 0) is 31.5 Å². The van der Waals surface area contributed by atoms with Crippen LogP contribution in [0.5, 0.6) is 0 Å². The van der Waals surface area contributed by atoms with E-state index in [1.807, 2.05) is 0 Å². The second-order valence-corrected chi connectivity index (χ2v) is 3.80. The summed E-state index contributed by atoms with van der Waals surface area (Å²) >= 11 is 0. The van der Waals surface area contributed by atoms with Crippen molar-refractivity contribution >= 4 is 11.6 Å². The zero-order chi connectivity index (χ0) is 11.4. The summed E-state index contributed by atoms with van der Waals surface area (Å²) in [4.78, 5) is 11.8. The number of benzene rings is 1. The average molecular weight is 215 g/mol. The van der Waals surface area contributed by atoms with Gasteiger partial charge >= 0.3 is 0 Å². The van der Waals surface area contributed by atoms with Crippen LogP contribution in [0.25, 0.3) is 0 Å². The van der Waals surface area contributed by atoms with E-state index in [1.54, 1.807) is 24.3 Å². The molecule has 16 heavy (non-hydrogen) atoms. The third-order valence-electron chi connectivity index (χ3n) is 2.68. The van der Waals surface area contributed by atoms with Crippen LogP contribution < -0.4 is 10.6 Å². The molecule has 0 radical (unpaired) electrons. The summed E-state index contributed by atoms with van der Waals surface area (Å²) in [6.45, 7) is 0.887. The molecule has 1 unspecified atom stereocenters. The lowest BCUT2D eigenvalue weighted by Gasteiger charge is -2.11. The van der Waals surface area contributed by atoms with E-state index in [2.05, 4.69) is 16.7 Å². The Balaban J connectivity index is 2.08. The Hall–Kier alpha value is -1.86. The highest BCUT2D eigenvalue weighted by Gasteiger charge is 2.22. The van der Waals surface area contributed by atoms with E-state index in [-0.39, 0.29) is 11.9 Å². The predicted octanol–water partition coefficient (Wildman–Crippen LogP) is 1.25. The van der Waals surface area contributed by atoms with Gasteiger partial charge < -0.3 is 10.6 Å². The van der Waals surface area contributed by atoms with Crippen molar-refractivity contribution in [3.63, 3.8) is 0 Å². The molecule has 0 saturated carbocycles. The van der Waals surface area contributed by atoms with Crippen molar-refractivity contribution in [1.29, 1.82) is 5.26 Å². The van der Waals surface area contributed by atoms with Gasteiger partial charge in [-0.15, -0.1) is 0 Å².